The van der Waals surface area contributed by atoms with Crippen molar-refractivity contribution in [2.75, 3.05) is 19.3 Å². The van der Waals surface area contributed by atoms with Crippen LogP contribution in [0.5, 0.6) is 0 Å². The van der Waals surface area contributed by atoms with Crippen LogP contribution in [0.3, 0.4) is 0 Å². The Morgan fingerprint density at radius 2 is 1.73 bits per heavy atom. The molecule has 3 saturated heterocycles. The van der Waals surface area contributed by atoms with Gasteiger partial charge in [-0.2, -0.15) is 0 Å². The molecule has 3 heterocycles. The molecular weight excluding hydrogens is 314 g/mol. The average molecular weight is 336 g/mol. The van der Waals surface area contributed by atoms with Crippen molar-refractivity contribution in [3.05, 3.63) is 0 Å². The van der Waals surface area contributed by atoms with E-state index in [1.54, 1.807) is 0 Å². The number of sulfonamides is 1. The van der Waals surface area contributed by atoms with Crippen LogP contribution in [0.2, 0.25) is 0 Å². The Balaban J connectivity index is 1.59. The summed E-state index contributed by atoms with van der Waals surface area (Å²) in [7, 11) is -3.22. The second-order valence-electron chi connectivity index (χ2n) is 6.87. The van der Waals surface area contributed by atoms with Gasteiger partial charge in [0.1, 0.15) is 0 Å². The molecule has 1 amide bonds. The normalized spacial score (nSPS) is 33.3. The van der Waals surface area contributed by atoms with Gasteiger partial charge >= 0.3 is 0 Å². The van der Waals surface area contributed by atoms with E-state index in [4.69, 9.17) is 0 Å². The fraction of sp³-hybridized carbons (Fsp3) is 0.929. The minimum absolute atomic E-state index is 0.00968. The summed E-state index contributed by atoms with van der Waals surface area (Å²) >= 11 is 0. The molecule has 3 rings (SSSR count). The van der Waals surface area contributed by atoms with E-state index in [9.17, 15) is 22.0 Å². The van der Waals surface area contributed by atoms with Gasteiger partial charge in [-0.05, 0) is 31.6 Å². The highest BCUT2D eigenvalue weighted by molar-refractivity contribution is 7.88. The molecule has 3 aliphatic heterocycles. The van der Waals surface area contributed by atoms with Crippen molar-refractivity contribution in [3.8, 4) is 0 Å². The van der Waals surface area contributed by atoms with Crippen LogP contribution in [0.1, 0.15) is 32.1 Å². The van der Waals surface area contributed by atoms with Gasteiger partial charge in [0.05, 0.1) is 12.2 Å². The van der Waals surface area contributed by atoms with Crippen molar-refractivity contribution in [2.45, 2.75) is 50.6 Å². The zero-order valence-electron chi connectivity index (χ0n) is 12.6. The third kappa shape index (κ3) is 2.99. The second kappa shape index (κ2) is 5.70. The lowest BCUT2D eigenvalue weighted by atomic mass is 9.87. The van der Waals surface area contributed by atoms with Crippen LogP contribution in [0, 0.1) is 11.8 Å². The maximum Gasteiger partial charge on any atom is 0.238 e. The first-order valence-corrected chi connectivity index (χ1v) is 9.66. The zero-order chi connectivity index (χ0) is 16.1. The van der Waals surface area contributed by atoms with Crippen LogP contribution in [-0.2, 0) is 14.8 Å². The number of piperidine rings is 1. The molecule has 3 fully saturated rings. The van der Waals surface area contributed by atoms with Crippen molar-refractivity contribution in [1.82, 2.24) is 9.21 Å². The van der Waals surface area contributed by atoms with Gasteiger partial charge in [-0.3, -0.25) is 4.79 Å². The van der Waals surface area contributed by atoms with E-state index in [1.807, 2.05) is 4.90 Å². The summed E-state index contributed by atoms with van der Waals surface area (Å²) in [5, 5.41) is 0. The lowest BCUT2D eigenvalue weighted by Gasteiger charge is -2.44. The SMILES string of the molecule is CS(=O)(=O)N1CC(C(=O)N2C3CCC2CC(CC(F)F)C3)C1. The second-order valence-corrected chi connectivity index (χ2v) is 8.85. The molecule has 0 spiro atoms. The van der Waals surface area contributed by atoms with Crippen LogP contribution in [-0.4, -0.2) is 61.4 Å². The Kier molecular flexibility index (Phi) is 4.18. The van der Waals surface area contributed by atoms with Crippen LogP contribution < -0.4 is 0 Å². The summed E-state index contributed by atoms with van der Waals surface area (Å²) < 4.78 is 49.2. The third-order valence-corrected chi connectivity index (χ3v) is 6.50. The van der Waals surface area contributed by atoms with Crippen molar-refractivity contribution < 1.29 is 22.0 Å². The predicted octanol–water partition coefficient (Wildman–Crippen LogP) is 1.30. The van der Waals surface area contributed by atoms with Crippen LogP contribution in [0.25, 0.3) is 0 Å². The maximum atomic E-state index is 12.6. The molecule has 0 saturated carbocycles. The zero-order valence-corrected chi connectivity index (χ0v) is 13.4. The third-order valence-electron chi connectivity index (χ3n) is 5.26. The highest BCUT2D eigenvalue weighted by atomic mass is 32.2. The van der Waals surface area contributed by atoms with Gasteiger partial charge in [0.25, 0.3) is 0 Å². The molecule has 126 valence electrons. The van der Waals surface area contributed by atoms with E-state index >= 15 is 0 Å². The van der Waals surface area contributed by atoms with E-state index in [-0.39, 0.29) is 49.3 Å². The number of hydrogen-bond acceptors (Lipinski definition) is 3. The molecule has 22 heavy (non-hydrogen) atoms. The van der Waals surface area contributed by atoms with E-state index in [2.05, 4.69) is 0 Å². The van der Waals surface area contributed by atoms with Crippen LogP contribution >= 0.6 is 0 Å². The Morgan fingerprint density at radius 3 is 2.18 bits per heavy atom. The van der Waals surface area contributed by atoms with E-state index in [0.29, 0.717) is 12.8 Å². The van der Waals surface area contributed by atoms with Gasteiger partial charge in [-0.1, -0.05) is 0 Å². The Labute approximate surface area is 129 Å². The molecule has 0 aromatic rings. The van der Waals surface area contributed by atoms with E-state index < -0.39 is 16.4 Å². The van der Waals surface area contributed by atoms with Gasteiger partial charge in [0.2, 0.25) is 22.4 Å². The molecule has 5 nitrogen and oxygen atoms in total. The first kappa shape index (κ1) is 16.1. The van der Waals surface area contributed by atoms with Crippen molar-refractivity contribution in [1.29, 1.82) is 0 Å². The average Bonchev–Trinajstić information content (AvgIpc) is 2.56. The van der Waals surface area contributed by atoms with E-state index in [0.717, 1.165) is 19.1 Å². The summed E-state index contributed by atoms with van der Waals surface area (Å²) in [5.41, 5.74) is 0. The lowest BCUT2D eigenvalue weighted by Crippen LogP contribution is -2.59. The first-order valence-electron chi connectivity index (χ1n) is 7.81. The first-order chi connectivity index (χ1) is 10.3. The minimum Gasteiger partial charge on any atom is -0.336 e. The molecule has 3 aliphatic rings. The summed E-state index contributed by atoms with van der Waals surface area (Å²) in [5.74, 6) is -0.233. The highest BCUT2D eigenvalue weighted by Crippen LogP contribution is 2.42. The molecule has 8 heteroatoms. The van der Waals surface area contributed by atoms with Crippen molar-refractivity contribution in [2.24, 2.45) is 11.8 Å². The maximum absolute atomic E-state index is 12.6. The van der Waals surface area contributed by atoms with Crippen molar-refractivity contribution in [3.63, 3.8) is 0 Å². The molecule has 0 N–H and O–H groups in total. The molecule has 0 radical (unpaired) electrons. The Hall–Kier alpha value is -0.760. The largest absolute Gasteiger partial charge is 0.336 e. The molecular formula is C14H22F2N2O3S. The number of carbonyl (C=O) groups excluding carboxylic acids is 1. The van der Waals surface area contributed by atoms with Crippen LogP contribution in [0.4, 0.5) is 8.78 Å². The standard InChI is InChI=1S/C14H22F2N2O3S/c1-22(20,21)17-7-10(8-17)14(19)18-11-2-3-12(18)5-9(4-11)6-13(15)16/h9-13H,2-8H2,1H3. The molecule has 2 unspecified atom stereocenters. The summed E-state index contributed by atoms with van der Waals surface area (Å²) in [6.45, 7) is 0.516. The summed E-state index contributed by atoms with van der Waals surface area (Å²) in [4.78, 5) is 14.5. The number of amides is 1. The molecule has 2 bridgehead atoms. The monoisotopic (exact) mass is 336 g/mol. The summed E-state index contributed by atoms with van der Waals surface area (Å²) in [6.07, 6.45) is 1.90. The quantitative estimate of drug-likeness (QED) is 0.778. The Morgan fingerprint density at radius 1 is 1.18 bits per heavy atom. The van der Waals surface area contributed by atoms with Gasteiger partial charge < -0.3 is 4.90 Å². The highest BCUT2D eigenvalue weighted by Gasteiger charge is 2.48. The smallest absolute Gasteiger partial charge is 0.238 e. The molecule has 0 aliphatic carbocycles. The number of halogens is 2. The van der Waals surface area contributed by atoms with Gasteiger partial charge in [-0.15, -0.1) is 0 Å². The number of nitrogens with zero attached hydrogens (tertiary/aromatic N) is 2. The van der Waals surface area contributed by atoms with E-state index in [1.165, 1.54) is 4.31 Å². The number of hydrogen-bond donors (Lipinski definition) is 0. The topological polar surface area (TPSA) is 57.7 Å². The number of fused-ring (bicyclic) bond motifs is 2. The van der Waals surface area contributed by atoms with Gasteiger partial charge in [-0.25, -0.2) is 21.5 Å². The molecule has 0 aromatic carbocycles. The lowest BCUT2D eigenvalue weighted by molar-refractivity contribution is -0.144. The number of rotatable bonds is 4. The molecule has 0 aromatic heterocycles. The predicted molar refractivity (Wildman–Crippen MR) is 76.9 cm³/mol. The number of carbonyl (C=O) groups is 1. The van der Waals surface area contributed by atoms with Crippen LogP contribution in [0.15, 0.2) is 0 Å². The summed E-state index contributed by atoms with van der Waals surface area (Å²) in [6, 6.07) is 0.143. The fourth-order valence-electron chi connectivity index (χ4n) is 4.17. The van der Waals surface area contributed by atoms with Crippen molar-refractivity contribution >= 4 is 15.9 Å². The number of alkyl halides is 2. The Bertz CT molecular complexity index is 534. The van der Waals surface area contributed by atoms with Gasteiger partial charge in [0.15, 0.2) is 0 Å². The van der Waals surface area contributed by atoms with Gasteiger partial charge in [0, 0.05) is 31.6 Å². The molecule has 2 atom stereocenters. The fourth-order valence-corrected chi connectivity index (χ4v) is 5.07. The minimum atomic E-state index is -3.22.